The number of aromatic nitrogens is 2. The molecular weight excluding hydrogens is 398 g/mol. The van der Waals surface area contributed by atoms with Crippen LogP contribution in [0.2, 0.25) is 0 Å². The number of nitro groups is 1. The second-order valence-electron chi connectivity index (χ2n) is 6.27. The fraction of sp³-hybridized carbons (Fsp3) is 0.105. The summed E-state index contributed by atoms with van der Waals surface area (Å²) in [5.74, 6) is 0.407. The molecule has 4 aromatic rings. The van der Waals surface area contributed by atoms with Crippen molar-refractivity contribution >= 4 is 26.7 Å². The van der Waals surface area contributed by atoms with Crippen LogP contribution >= 0.6 is 0 Å². The minimum atomic E-state index is -4.12. The molecule has 1 unspecified atom stereocenters. The number of fused-ring (bicyclic) bond motifs is 1. The van der Waals surface area contributed by atoms with Gasteiger partial charge >= 0.3 is 0 Å². The highest BCUT2D eigenvalue weighted by atomic mass is 32.2. The summed E-state index contributed by atoms with van der Waals surface area (Å²) in [6.45, 7) is 0. The first-order chi connectivity index (χ1) is 13.9. The number of rotatable bonds is 6. The Kier molecular flexibility index (Phi) is 4.65. The fourth-order valence-electron chi connectivity index (χ4n) is 3.05. The lowest BCUT2D eigenvalue weighted by Crippen LogP contribution is -2.18. The van der Waals surface area contributed by atoms with E-state index >= 15 is 0 Å². The van der Waals surface area contributed by atoms with Gasteiger partial charge in [0.1, 0.15) is 17.7 Å². The maximum absolute atomic E-state index is 13.3. The van der Waals surface area contributed by atoms with E-state index in [0.717, 1.165) is 16.1 Å². The first kappa shape index (κ1) is 18.8. The summed E-state index contributed by atoms with van der Waals surface area (Å²) in [5, 5.41) is 21.3. The Morgan fingerprint density at radius 3 is 2.48 bits per heavy atom. The summed E-state index contributed by atoms with van der Waals surface area (Å²) in [7, 11) is -4.12. The Balaban J connectivity index is 1.83. The average molecular weight is 413 g/mol. The van der Waals surface area contributed by atoms with Gasteiger partial charge in [0.25, 0.3) is 15.7 Å². The molecule has 0 aliphatic carbocycles. The molecule has 0 fully saturated rings. The SMILES string of the molecule is O=[N+]([O-])c1ccc(S(=O)(=O)n2c(CC(O)c3ccco3)nc3ccccc32)cc1. The van der Waals surface area contributed by atoms with E-state index in [9.17, 15) is 23.6 Å². The number of imidazole rings is 1. The molecule has 0 spiro atoms. The first-order valence-corrected chi connectivity index (χ1v) is 10.00. The number of furan rings is 1. The lowest BCUT2D eigenvalue weighted by molar-refractivity contribution is -0.384. The molecule has 0 amide bonds. The largest absolute Gasteiger partial charge is 0.467 e. The van der Waals surface area contributed by atoms with E-state index in [0.29, 0.717) is 11.0 Å². The number of para-hydroxylation sites is 2. The molecule has 0 aliphatic rings. The van der Waals surface area contributed by atoms with E-state index in [1.165, 1.54) is 18.4 Å². The highest BCUT2D eigenvalue weighted by molar-refractivity contribution is 7.90. The van der Waals surface area contributed by atoms with Crippen LogP contribution in [0.15, 0.2) is 76.2 Å². The summed E-state index contributed by atoms with van der Waals surface area (Å²) in [6, 6.07) is 14.5. The van der Waals surface area contributed by atoms with E-state index in [2.05, 4.69) is 4.98 Å². The van der Waals surface area contributed by atoms with Gasteiger partial charge in [0, 0.05) is 18.6 Å². The molecule has 0 aliphatic heterocycles. The van der Waals surface area contributed by atoms with Gasteiger partial charge in [-0.2, -0.15) is 0 Å². The molecule has 0 saturated heterocycles. The lowest BCUT2D eigenvalue weighted by atomic mass is 10.2. The number of aliphatic hydroxyl groups is 1. The fourth-order valence-corrected chi connectivity index (χ4v) is 4.55. The average Bonchev–Trinajstić information content (AvgIpc) is 3.36. The minimum Gasteiger partial charge on any atom is -0.467 e. The van der Waals surface area contributed by atoms with Crippen LogP contribution in [0.4, 0.5) is 5.69 Å². The maximum Gasteiger partial charge on any atom is 0.269 e. The van der Waals surface area contributed by atoms with Gasteiger partial charge in [-0.05, 0) is 36.4 Å². The van der Waals surface area contributed by atoms with Crippen molar-refractivity contribution in [1.82, 2.24) is 8.96 Å². The maximum atomic E-state index is 13.3. The topological polar surface area (TPSA) is 128 Å². The summed E-state index contributed by atoms with van der Waals surface area (Å²) in [5.41, 5.74) is 0.569. The van der Waals surface area contributed by atoms with Crippen molar-refractivity contribution in [3.8, 4) is 0 Å². The summed E-state index contributed by atoms with van der Waals surface area (Å²) < 4.78 is 32.9. The summed E-state index contributed by atoms with van der Waals surface area (Å²) in [4.78, 5) is 14.5. The molecule has 9 nitrogen and oxygen atoms in total. The van der Waals surface area contributed by atoms with Gasteiger partial charge in [-0.3, -0.25) is 10.1 Å². The quantitative estimate of drug-likeness (QED) is 0.380. The third kappa shape index (κ3) is 3.39. The van der Waals surface area contributed by atoms with Crippen molar-refractivity contribution in [2.75, 3.05) is 0 Å². The van der Waals surface area contributed by atoms with Crippen molar-refractivity contribution in [2.24, 2.45) is 0 Å². The molecule has 0 bridgehead atoms. The van der Waals surface area contributed by atoms with Gasteiger partial charge < -0.3 is 9.52 Å². The summed E-state index contributed by atoms with van der Waals surface area (Å²) in [6.07, 6.45) is 0.219. The molecule has 1 atom stereocenters. The first-order valence-electron chi connectivity index (χ1n) is 8.56. The minimum absolute atomic E-state index is 0.103. The van der Waals surface area contributed by atoms with Crippen LogP contribution in [-0.4, -0.2) is 27.4 Å². The van der Waals surface area contributed by atoms with Crippen LogP contribution in [0.5, 0.6) is 0 Å². The van der Waals surface area contributed by atoms with Crippen LogP contribution in [0.3, 0.4) is 0 Å². The number of aliphatic hydroxyl groups excluding tert-OH is 1. The van der Waals surface area contributed by atoms with Gasteiger partial charge in [-0.25, -0.2) is 17.4 Å². The van der Waals surface area contributed by atoms with Gasteiger partial charge in [0.05, 0.1) is 27.1 Å². The van der Waals surface area contributed by atoms with Crippen molar-refractivity contribution in [1.29, 1.82) is 0 Å². The van der Waals surface area contributed by atoms with Crippen molar-refractivity contribution in [2.45, 2.75) is 17.4 Å². The Bertz CT molecular complexity index is 1280. The normalized spacial score (nSPS) is 12.9. The van der Waals surface area contributed by atoms with Crippen molar-refractivity contribution < 1.29 is 22.9 Å². The second-order valence-corrected chi connectivity index (χ2v) is 8.06. The molecule has 2 heterocycles. The lowest BCUT2D eigenvalue weighted by Gasteiger charge is -2.12. The molecule has 29 heavy (non-hydrogen) atoms. The molecule has 1 N–H and O–H groups in total. The van der Waals surface area contributed by atoms with Gasteiger partial charge in [-0.1, -0.05) is 12.1 Å². The van der Waals surface area contributed by atoms with Crippen LogP contribution in [0.25, 0.3) is 11.0 Å². The number of hydrogen-bond donors (Lipinski definition) is 1. The zero-order chi connectivity index (χ0) is 20.6. The number of non-ortho nitro benzene ring substituents is 1. The van der Waals surface area contributed by atoms with E-state index < -0.39 is 21.1 Å². The van der Waals surface area contributed by atoms with Crippen LogP contribution in [0.1, 0.15) is 17.7 Å². The Morgan fingerprint density at radius 2 is 1.83 bits per heavy atom. The third-order valence-electron chi connectivity index (χ3n) is 4.42. The van der Waals surface area contributed by atoms with E-state index in [4.69, 9.17) is 4.42 Å². The third-order valence-corrected chi connectivity index (χ3v) is 6.17. The van der Waals surface area contributed by atoms with Crippen LogP contribution < -0.4 is 0 Å². The number of benzene rings is 2. The summed E-state index contributed by atoms with van der Waals surface area (Å²) >= 11 is 0. The molecule has 4 rings (SSSR count). The van der Waals surface area contributed by atoms with Crippen LogP contribution in [0, 0.1) is 10.1 Å². The Labute approximate surface area is 165 Å². The predicted octanol–water partition coefficient (Wildman–Crippen LogP) is 3.05. The Morgan fingerprint density at radius 1 is 1.10 bits per heavy atom. The smallest absolute Gasteiger partial charge is 0.269 e. The van der Waals surface area contributed by atoms with E-state index in [1.807, 2.05) is 0 Å². The number of hydrogen-bond acceptors (Lipinski definition) is 7. The van der Waals surface area contributed by atoms with E-state index in [-0.39, 0.29) is 28.6 Å². The molecule has 2 aromatic carbocycles. The molecular formula is C19H15N3O6S. The van der Waals surface area contributed by atoms with Gasteiger partial charge in [-0.15, -0.1) is 0 Å². The van der Waals surface area contributed by atoms with Crippen molar-refractivity contribution in [3.05, 3.63) is 88.6 Å². The molecule has 0 radical (unpaired) electrons. The predicted molar refractivity (Wildman–Crippen MR) is 103 cm³/mol. The standard InChI is InChI=1S/C19H15N3O6S/c23-17(18-6-3-11-28-18)12-19-20-15-4-1-2-5-16(15)21(19)29(26,27)14-9-7-13(8-10-14)22(24)25/h1-11,17,23H,12H2. The zero-order valence-electron chi connectivity index (χ0n) is 14.9. The van der Waals surface area contributed by atoms with Gasteiger partial charge in [0.15, 0.2) is 0 Å². The van der Waals surface area contributed by atoms with Gasteiger partial charge in [0.2, 0.25) is 0 Å². The van der Waals surface area contributed by atoms with Crippen molar-refractivity contribution in [3.63, 3.8) is 0 Å². The number of nitrogens with zero attached hydrogens (tertiary/aromatic N) is 3. The van der Waals surface area contributed by atoms with E-state index in [1.54, 1.807) is 36.4 Å². The zero-order valence-corrected chi connectivity index (χ0v) is 15.7. The van der Waals surface area contributed by atoms with Crippen LogP contribution in [-0.2, 0) is 16.4 Å². The number of nitro benzene ring substituents is 1. The second kappa shape index (κ2) is 7.15. The molecule has 2 aromatic heterocycles. The molecule has 10 heteroatoms. The monoisotopic (exact) mass is 413 g/mol. The highest BCUT2D eigenvalue weighted by Crippen LogP contribution is 2.27. The highest BCUT2D eigenvalue weighted by Gasteiger charge is 2.27. The Hall–Kier alpha value is -3.50. The molecule has 148 valence electrons. The molecule has 0 saturated carbocycles.